The van der Waals surface area contributed by atoms with Gasteiger partial charge in [0.05, 0.1) is 0 Å². The molecule has 0 aliphatic carbocycles. The molecule has 16 heavy (non-hydrogen) atoms. The number of benzene rings is 1. The molecule has 0 saturated carbocycles. The van der Waals surface area contributed by atoms with Crippen LogP contribution in [0, 0.1) is 17.6 Å². The Kier molecular flexibility index (Phi) is 4.87. The largest absolute Gasteiger partial charge is 0.317 e. The van der Waals surface area contributed by atoms with Gasteiger partial charge in [0.15, 0.2) is 11.6 Å². The lowest BCUT2D eigenvalue weighted by atomic mass is 9.90. The highest BCUT2D eigenvalue weighted by Crippen LogP contribution is 2.19. The smallest absolute Gasteiger partial charge is 0.162 e. The van der Waals surface area contributed by atoms with Crippen molar-refractivity contribution in [1.82, 2.24) is 5.32 Å². The quantitative estimate of drug-likeness (QED) is 0.814. The topological polar surface area (TPSA) is 12.0 Å². The minimum Gasteiger partial charge on any atom is -0.317 e. The molecule has 2 atom stereocenters. The number of rotatable bonds is 5. The Labute approximate surface area is 95.9 Å². The zero-order valence-corrected chi connectivity index (χ0v) is 10.1. The average molecular weight is 227 g/mol. The van der Waals surface area contributed by atoms with E-state index in [2.05, 4.69) is 19.2 Å². The summed E-state index contributed by atoms with van der Waals surface area (Å²) in [5.41, 5.74) is 0.467. The molecule has 1 aromatic carbocycles. The van der Waals surface area contributed by atoms with Gasteiger partial charge >= 0.3 is 0 Å². The predicted molar refractivity (Wildman–Crippen MR) is 62.4 cm³/mol. The fourth-order valence-electron chi connectivity index (χ4n) is 1.90. The molecule has 0 bridgehead atoms. The summed E-state index contributed by atoms with van der Waals surface area (Å²) in [4.78, 5) is 0. The second kappa shape index (κ2) is 5.94. The van der Waals surface area contributed by atoms with Crippen LogP contribution in [0.2, 0.25) is 0 Å². The molecule has 3 heteroatoms. The molecule has 0 fully saturated rings. The number of hydrogen-bond donors (Lipinski definition) is 1. The minimum atomic E-state index is -0.760. The number of halogens is 2. The average Bonchev–Trinajstić information content (AvgIpc) is 2.30. The van der Waals surface area contributed by atoms with E-state index >= 15 is 0 Å². The minimum absolute atomic E-state index is 0.299. The summed E-state index contributed by atoms with van der Waals surface area (Å²) < 4.78 is 26.5. The van der Waals surface area contributed by atoms with Crippen molar-refractivity contribution in [2.45, 2.75) is 32.7 Å². The lowest BCUT2D eigenvalue weighted by molar-refractivity contribution is 0.373. The van der Waals surface area contributed by atoms with Crippen LogP contribution < -0.4 is 5.32 Å². The lowest BCUT2D eigenvalue weighted by Gasteiger charge is -2.22. The first kappa shape index (κ1) is 13.1. The van der Waals surface area contributed by atoms with Crippen LogP contribution in [0.3, 0.4) is 0 Å². The van der Waals surface area contributed by atoms with Crippen molar-refractivity contribution in [3.05, 3.63) is 35.4 Å². The maximum atomic E-state index is 13.5. The lowest BCUT2D eigenvalue weighted by Crippen LogP contribution is -2.31. The third kappa shape index (κ3) is 3.01. The molecule has 0 radical (unpaired) electrons. The maximum absolute atomic E-state index is 13.5. The Hall–Kier alpha value is -0.960. The van der Waals surface area contributed by atoms with Gasteiger partial charge in [-0.2, -0.15) is 0 Å². The molecule has 90 valence electrons. The van der Waals surface area contributed by atoms with Gasteiger partial charge in [0.1, 0.15) is 0 Å². The van der Waals surface area contributed by atoms with Crippen LogP contribution in [0.4, 0.5) is 8.78 Å². The van der Waals surface area contributed by atoms with Crippen molar-refractivity contribution < 1.29 is 8.78 Å². The van der Waals surface area contributed by atoms with E-state index in [1.807, 2.05) is 7.05 Å². The van der Waals surface area contributed by atoms with Crippen molar-refractivity contribution in [2.75, 3.05) is 7.05 Å². The van der Waals surface area contributed by atoms with E-state index in [0.29, 0.717) is 23.9 Å². The van der Waals surface area contributed by atoms with Crippen LogP contribution in [0.1, 0.15) is 25.8 Å². The standard InChI is InChI=1S/C13H19F2N/c1-4-10(9(2)16-3)8-11-6-5-7-12(14)13(11)15/h5-7,9-10,16H,4,8H2,1-3H3. The first-order valence-electron chi connectivity index (χ1n) is 5.70. The maximum Gasteiger partial charge on any atom is 0.162 e. The fraction of sp³-hybridized carbons (Fsp3) is 0.538. The highest BCUT2D eigenvalue weighted by atomic mass is 19.2. The Balaban J connectivity index is 2.82. The number of hydrogen-bond acceptors (Lipinski definition) is 1. The molecule has 0 aromatic heterocycles. The van der Waals surface area contributed by atoms with E-state index in [0.717, 1.165) is 12.5 Å². The summed E-state index contributed by atoms with van der Waals surface area (Å²) in [6, 6.07) is 4.67. The van der Waals surface area contributed by atoms with Crippen molar-refractivity contribution >= 4 is 0 Å². The molecule has 1 rings (SSSR count). The molecule has 0 saturated heterocycles. The fourth-order valence-corrected chi connectivity index (χ4v) is 1.90. The monoisotopic (exact) mass is 227 g/mol. The molecule has 0 aliphatic heterocycles. The summed E-state index contributed by atoms with van der Waals surface area (Å²) >= 11 is 0. The second-order valence-electron chi connectivity index (χ2n) is 4.16. The van der Waals surface area contributed by atoms with Crippen LogP contribution in [-0.2, 0) is 6.42 Å². The predicted octanol–water partition coefficient (Wildman–Crippen LogP) is 3.14. The van der Waals surface area contributed by atoms with E-state index < -0.39 is 11.6 Å². The Morgan fingerprint density at radius 3 is 2.56 bits per heavy atom. The first-order valence-corrected chi connectivity index (χ1v) is 5.70. The molecule has 0 heterocycles. The van der Waals surface area contributed by atoms with Crippen LogP contribution in [0.5, 0.6) is 0 Å². The Morgan fingerprint density at radius 2 is 2.00 bits per heavy atom. The normalized spacial score (nSPS) is 14.8. The second-order valence-corrected chi connectivity index (χ2v) is 4.16. The van der Waals surface area contributed by atoms with E-state index in [4.69, 9.17) is 0 Å². The van der Waals surface area contributed by atoms with Gasteiger partial charge in [0, 0.05) is 6.04 Å². The van der Waals surface area contributed by atoms with Gasteiger partial charge in [0.2, 0.25) is 0 Å². The van der Waals surface area contributed by atoms with Crippen molar-refractivity contribution in [3.63, 3.8) is 0 Å². The molecule has 1 N–H and O–H groups in total. The molecule has 0 spiro atoms. The Bertz CT molecular complexity index is 339. The molecule has 1 aromatic rings. The van der Waals surface area contributed by atoms with Crippen LogP contribution in [0.25, 0.3) is 0 Å². The van der Waals surface area contributed by atoms with Crippen molar-refractivity contribution in [2.24, 2.45) is 5.92 Å². The van der Waals surface area contributed by atoms with E-state index in [9.17, 15) is 8.78 Å². The molecular formula is C13H19F2N. The summed E-state index contributed by atoms with van der Waals surface area (Å²) in [6.07, 6.45) is 1.51. The summed E-state index contributed by atoms with van der Waals surface area (Å²) in [6.45, 7) is 4.13. The van der Waals surface area contributed by atoms with Gasteiger partial charge in [0.25, 0.3) is 0 Å². The third-order valence-electron chi connectivity index (χ3n) is 3.20. The van der Waals surface area contributed by atoms with Crippen LogP contribution >= 0.6 is 0 Å². The number of nitrogens with one attached hydrogen (secondary N) is 1. The first-order chi connectivity index (χ1) is 7.60. The van der Waals surface area contributed by atoms with Gasteiger partial charge in [-0.05, 0) is 37.9 Å². The molecular weight excluding hydrogens is 208 g/mol. The van der Waals surface area contributed by atoms with Gasteiger partial charge in [-0.3, -0.25) is 0 Å². The van der Waals surface area contributed by atoms with Gasteiger partial charge < -0.3 is 5.32 Å². The van der Waals surface area contributed by atoms with E-state index in [-0.39, 0.29) is 0 Å². The van der Waals surface area contributed by atoms with Crippen molar-refractivity contribution in [1.29, 1.82) is 0 Å². The molecule has 2 unspecified atom stereocenters. The summed E-state index contributed by atoms with van der Waals surface area (Å²) in [7, 11) is 1.88. The zero-order valence-electron chi connectivity index (χ0n) is 10.1. The SMILES string of the molecule is CCC(Cc1cccc(F)c1F)C(C)NC. The van der Waals surface area contributed by atoms with Gasteiger partial charge in [-0.1, -0.05) is 25.5 Å². The summed E-state index contributed by atoms with van der Waals surface area (Å²) in [5, 5.41) is 3.15. The zero-order chi connectivity index (χ0) is 12.1. The molecule has 0 aliphatic rings. The van der Waals surface area contributed by atoms with E-state index in [1.54, 1.807) is 12.1 Å². The highest BCUT2D eigenvalue weighted by molar-refractivity contribution is 5.19. The molecule has 0 amide bonds. The van der Waals surface area contributed by atoms with Crippen molar-refractivity contribution in [3.8, 4) is 0 Å². The Morgan fingerprint density at radius 1 is 1.31 bits per heavy atom. The van der Waals surface area contributed by atoms with Crippen LogP contribution in [-0.4, -0.2) is 13.1 Å². The van der Waals surface area contributed by atoms with Gasteiger partial charge in [-0.15, -0.1) is 0 Å². The van der Waals surface area contributed by atoms with Gasteiger partial charge in [-0.25, -0.2) is 8.78 Å². The third-order valence-corrected chi connectivity index (χ3v) is 3.20. The molecule has 1 nitrogen and oxygen atoms in total. The van der Waals surface area contributed by atoms with E-state index in [1.165, 1.54) is 0 Å². The van der Waals surface area contributed by atoms with Crippen LogP contribution in [0.15, 0.2) is 18.2 Å². The summed E-state index contributed by atoms with van der Waals surface area (Å²) in [5.74, 6) is -1.14. The highest BCUT2D eigenvalue weighted by Gasteiger charge is 2.17.